The van der Waals surface area contributed by atoms with Crippen molar-refractivity contribution in [2.75, 3.05) is 0 Å². The highest BCUT2D eigenvalue weighted by Crippen LogP contribution is 2.22. The maximum Gasteiger partial charge on any atom is 0.254 e. The summed E-state index contributed by atoms with van der Waals surface area (Å²) in [7, 11) is 0. The zero-order valence-corrected chi connectivity index (χ0v) is 10.2. The van der Waals surface area contributed by atoms with Gasteiger partial charge in [0, 0.05) is 35.1 Å². The van der Waals surface area contributed by atoms with Gasteiger partial charge in [-0.15, -0.1) is 10.2 Å². The van der Waals surface area contributed by atoms with Crippen LogP contribution in [0.25, 0.3) is 27.8 Å². The van der Waals surface area contributed by atoms with E-state index in [0.717, 1.165) is 22.0 Å². The summed E-state index contributed by atoms with van der Waals surface area (Å²) < 4.78 is 15.0. The molecule has 3 aromatic heterocycles. The number of fused-ring (bicyclic) bond motifs is 2. The first-order chi connectivity index (χ1) is 9.79. The van der Waals surface area contributed by atoms with E-state index in [1.807, 2.05) is 12.3 Å². The van der Waals surface area contributed by atoms with Gasteiger partial charge in [-0.2, -0.15) is 0 Å². The van der Waals surface area contributed by atoms with E-state index in [4.69, 9.17) is 0 Å². The number of benzene rings is 1. The van der Waals surface area contributed by atoms with Gasteiger partial charge >= 0.3 is 0 Å². The molecule has 5 nitrogen and oxygen atoms in total. The summed E-state index contributed by atoms with van der Waals surface area (Å²) in [6, 6.07) is 6.42. The lowest BCUT2D eigenvalue weighted by molar-refractivity contribution is 0.629. The standard InChI is InChI=1S/C14H8FN5/c15-12-1-2-13-9(4-12)3-10(5-16-13)11-6-17-14-19-18-8-20(14)7-11/h1-8H. The Hall–Kier alpha value is -2.89. The number of nitrogens with zero attached hydrogens (tertiary/aromatic N) is 5. The fourth-order valence-electron chi connectivity index (χ4n) is 2.14. The Morgan fingerprint density at radius 3 is 2.85 bits per heavy atom. The Labute approximate surface area is 112 Å². The van der Waals surface area contributed by atoms with Gasteiger partial charge in [-0.25, -0.2) is 9.37 Å². The van der Waals surface area contributed by atoms with Crippen molar-refractivity contribution in [1.29, 1.82) is 0 Å². The molecule has 6 heteroatoms. The molecular weight excluding hydrogens is 257 g/mol. The average Bonchev–Trinajstić information content (AvgIpc) is 2.93. The van der Waals surface area contributed by atoms with E-state index in [1.165, 1.54) is 12.1 Å². The van der Waals surface area contributed by atoms with Crippen molar-refractivity contribution < 1.29 is 4.39 Å². The molecule has 96 valence electrons. The van der Waals surface area contributed by atoms with Crippen LogP contribution in [0.3, 0.4) is 0 Å². The summed E-state index contributed by atoms with van der Waals surface area (Å²) in [5.41, 5.74) is 2.50. The Morgan fingerprint density at radius 1 is 1.00 bits per heavy atom. The van der Waals surface area contributed by atoms with Gasteiger partial charge in [0.1, 0.15) is 12.1 Å². The maximum atomic E-state index is 13.3. The van der Waals surface area contributed by atoms with Crippen LogP contribution >= 0.6 is 0 Å². The van der Waals surface area contributed by atoms with Crippen LogP contribution in [-0.2, 0) is 0 Å². The predicted octanol–water partition coefficient (Wildman–Crippen LogP) is 2.48. The summed E-state index contributed by atoms with van der Waals surface area (Å²) in [6.45, 7) is 0. The van der Waals surface area contributed by atoms with Gasteiger partial charge in [-0.1, -0.05) is 0 Å². The van der Waals surface area contributed by atoms with E-state index in [1.54, 1.807) is 29.2 Å². The second-order valence-corrected chi connectivity index (χ2v) is 4.44. The summed E-state index contributed by atoms with van der Waals surface area (Å²) >= 11 is 0. The van der Waals surface area contributed by atoms with E-state index < -0.39 is 0 Å². The van der Waals surface area contributed by atoms with Gasteiger partial charge in [0.15, 0.2) is 0 Å². The first-order valence-corrected chi connectivity index (χ1v) is 6.01. The zero-order chi connectivity index (χ0) is 13.5. The topological polar surface area (TPSA) is 56.0 Å². The van der Waals surface area contributed by atoms with Crippen molar-refractivity contribution in [3.05, 3.63) is 55.0 Å². The molecule has 0 N–H and O–H groups in total. The van der Waals surface area contributed by atoms with Gasteiger partial charge < -0.3 is 0 Å². The third-order valence-corrected chi connectivity index (χ3v) is 3.13. The van der Waals surface area contributed by atoms with Crippen LogP contribution < -0.4 is 0 Å². The number of rotatable bonds is 1. The predicted molar refractivity (Wildman–Crippen MR) is 71.5 cm³/mol. The number of pyridine rings is 1. The molecule has 3 heterocycles. The molecule has 0 aliphatic rings. The van der Waals surface area contributed by atoms with Crippen molar-refractivity contribution in [2.45, 2.75) is 0 Å². The highest BCUT2D eigenvalue weighted by atomic mass is 19.1. The smallest absolute Gasteiger partial charge is 0.254 e. The van der Waals surface area contributed by atoms with E-state index >= 15 is 0 Å². The highest BCUT2D eigenvalue weighted by Gasteiger charge is 2.04. The number of aromatic nitrogens is 5. The van der Waals surface area contributed by atoms with Crippen molar-refractivity contribution in [2.24, 2.45) is 0 Å². The molecule has 0 aliphatic carbocycles. The Balaban J connectivity index is 1.91. The first-order valence-electron chi connectivity index (χ1n) is 6.01. The second-order valence-electron chi connectivity index (χ2n) is 4.44. The zero-order valence-electron chi connectivity index (χ0n) is 10.2. The lowest BCUT2D eigenvalue weighted by Gasteiger charge is -2.03. The fraction of sp³-hybridized carbons (Fsp3) is 0. The molecule has 4 aromatic rings. The Bertz CT molecular complexity index is 931. The summed E-state index contributed by atoms with van der Waals surface area (Å²) in [5, 5.41) is 8.39. The van der Waals surface area contributed by atoms with E-state index in [-0.39, 0.29) is 5.82 Å². The quantitative estimate of drug-likeness (QED) is 0.530. The van der Waals surface area contributed by atoms with Crippen molar-refractivity contribution in [3.8, 4) is 11.1 Å². The van der Waals surface area contributed by atoms with E-state index in [9.17, 15) is 4.39 Å². The minimum Gasteiger partial charge on any atom is -0.272 e. The molecule has 0 bridgehead atoms. The van der Waals surface area contributed by atoms with Gasteiger partial charge in [0.25, 0.3) is 5.78 Å². The van der Waals surface area contributed by atoms with Gasteiger partial charge in [0.05, 0.1) is 5.52 Å². The van der Waals surface area contributed by atoms with Crippen molar-refractivity contribution in [3.63, 3.8) is 0 Å². The van der Waals surface area contributed by atoms with Crippen LogP contribution in [0.5, 0.6) is 0 Å². The third-order valence-electron chi connectivity index (χ3n) is 3.13. The third kappa shape index (κ3) is 1.70. The monoisotopic (exact) mass is 265 g/mol. The minimum absolute atomic E-state index is 0.274. The van der Waals surface area contributed by atoms with Crippen LogP contribution in [0.15, 0.2) is 49.2 Å². The van der Waals surface area contributed by atoms with Crippen LogP contribution in [0.1, 0.15) is 0 Å². The summed E-state index contributed by atoms with van der Waals surface area (Å²) in [5.74, 6) is 0.261. The minimum atomic E-state index is -0.274. The lowest BCUT2D eigenvalue weighted by Crippen LogP contribution is -1.90. The molecule has 0 atom stereocenters. The lowest BCUT2D eigenvalue weighted by atomic mass is 10.1. The fourth-order valence-corrected chi connectivity index (χ4v) is 2.14. The van der Waals surface area contributed by atoms with Gasteiger partial charge in [-0.3, -0.25) is 9.38 Å². The SMILES string of the molecule is Fc1ccc2ncc(-c3cnc4nncn4c3)cc2c1. The van der Waals surface area contributed by atoms with Crippen molar-refractivity contribution >= 4 is 16.7 Å². The molecule has 0 spiro atoms. The first kappa shape index (κ1) is 11.0. The molecule has 0 radical (unpaired) electrons. The van der Waals surface area contributed by atoms with Gasteiger partial charge in [0.2, 0.25) is 0 Å². The molecule has 0 aliphatic heterocycles. The Morgan fingerprint density at radius 2 is 1.90 bits per heavy atom. The maximum absolute atomic E-state index is 13.3. The summed E-state index contributed by atoms with van der Waals surface area (Å²) in [6.07, 6.45) is 6.89. The summed E-state index contributed by atoms with van der Waals surface area (Å²) in [4.78, 5) is 8.53. The molecule has 4 rings (SSSR count). The van der Waals surface area contributed by atoms with E-state index in [2.05, 4.69) is 20.2 Å². The molecule has 20 heavy (non-hydrogen) atoms. The molecule has 1 aromatic carbocycles. The Kier molecular flexibility index (Phi) is 2.23. The normalized spacial score (nSPS) is 11.2. The molecule has 0 unspecified atom stereocenters. The van der Waals surface area contributed by atoms with Crippen LogP contribution in [0, 0.1) is 5.82 Å². The average molecular weight is 265 g/mol. The van der Waals surface area contributed by atoms with Crippen LogP contribution in [0.4, 0.5) is 4.39 Å². The van der Waals surface area contributed by atoms with Crippen LogP contribution in [0.2, 0.25) is 0 Å². The van der Waals surface area contributed by atoms with E-state index in [0.29, 0.717) is 5.78 Å². The number of hydrogen-bond acceptors (Lipinski definition) is 4. The van der Waals surface area contributed by atoms with Gasteiger partial charge in [-0.05, 0) is 24.3 Å². The molecule has 0 amide bonds. The molecule has 0 fully saturated rings. The largest absolute Gasteiger partial charge is 0.272 e. The molecular formula is C14H8FN5. The van der Waals surface area contributed by atoms with Crippen LogP contribution in [-0.4, -0.2) is 24.6 Å². The molecule has 0 saturated carbocycles. The molecule has 0 saturated heterocycles. The second kappa shape index (κ2) is 4.06. The number of halogens is 1. The highest BCUT2D eigenvalue weighted by molar-refractivity contribution is 5.83. The number of hydrogen-bond donors (Lipinski definition) is 0. The van der Waals surface area contributed by atoms with Crippen molar-refractivity contribution in [1.82, 2.24) is 24.6 Å².